The lowest BCUT2D eigenvalue weighted by Crippen LogP contribution is -2.36. The Morgan fingerprint density at radius 3 is 3.00 bits per heavy atom. The third-order valence-corrected chi connectivity index (χ3v) is 4.45. The van der Waals surface area contributed by atoms with Crippen LogP contribution < -0.4 is 16.2 Å². The van der Waals surface area contributed by atoms with Crippen LogP contribution in [0.25, 0.3) is 0 Å². The molecule has 1 aromatic heterocycles. The number of aromatic nitrogens is 2. The molecule has 0 radical (unpaired) electrons. The topological polar surface area (TPSA) is 68.2 Å². The Bertz CT molecular complexity index is 608. The molecule has 0 atom stereocenters. The first-order valence-electron chi connectivity index (χ1n) is 7.73. The van der Waals surface area contributed by atoms with Crippen molar-refractivity contribution < 1.29 is 4.74 Å². The van der Waals surface area contributed by atoms with Crippen molar-refractivity contribution in [1.29, 1.82) is 0 Å². The van der Waals surface area contributed by atoms with Gasteiger partial charge in [0, 0.05) is 6.54 Å². The number of rotatable bonds is 4. The van der Waals surface area contributed by atoms with Crippen molar-refractivity contribution >= 4 is 17.3 Å². The number of piperidine rings is 1. The predicted molar refractivity (Wildman–Crippen MR) is 86.7 cm³/mol. The Hall–Kier alpha value is -1.37. The van der Waals surface area contributed by atoms with Gasteiger partial charge in [0.2, 0.25) is 0 Å². The molecular formula is C15H21ClN4O2. The zero-order chi connectivity index (χ0) is 15.4. The summed E-state index contributed by atoms with van der Waals surface area (Å²) in [5, 5.41) is 11.0. The van der Waals surface area contributed by atoms with E-state index in [1.165, 1.54) is 10.3 Å². The molecule has 6 nitrogen and oxygen atoms in total. The third kappa shape index (κ3) is 3.51. The second kappa shape index (κ2) is 7.26. The quantitative estimate of drug-likeness (QED) is 0.823. The molecule has 1 fully saturated rings. The Morgan fingerprint density at radius 1 is 1.45 bits per heavy atom. The molecule has 7 heteroatoms. The van der Waals surface area contributed by atoms with E-state index in [-0.39, 0.29) is 16.6 Å². The Labute approximate surface area is 134 Å². The van der Waals surface area contributed by atoms with Crippen molar-refractivity contribution in [3.05, 3.63) is 33.2 Å². The SMILES string of the molecule is O=c1c(Cl)c(NCC2=CCCOC2)cnn1C1CCNCC1. The molecule has 2 N–H and O–H groups in total. The van der Waals surface area contributed by atoms with E-state index in [1.807, 2.05) is 0 Å². The van der Waals surface area contributed by atoms with E-state index in [0.717, 1.165) is 39.0 Å². The van der Waals surface area contributed by atoms with Gasteiger partial charge in [-0.25, -0.2) is 4.68 Å². The van der Waals surface area contributed by atoms with Crippen LogP contribution in [0.3, 0.4) is 0 Å². The van der Waals surface area contributed by atoms with Crippen molar-refractivity contribution in [3.8, 4) is 0 Å². The lowest BCUT2D eigenvalue weighted by molar-refractivity contribution is 0.150. The van der Waals surface area contributed by atoms with Crippen LogP contribution in [0.5, 0.6) is 0 Å². The minimum atomic E-state index is -0.215. The molecule has 0 aliphatic carbocycles. The highest BCUT2D eigenvalue weighted by molar-refractivity contribution is 6.32. The molecule has 0 saturated carbocycles. The first-order chi connectivity index (χ1) is 10.8. The van der Waals surface area contributed by atoms with Crippen LogP contribution in [0.4, 0.5) is 5.69 Å². The lowest BCUT2D eigenvalue weighted by atomic mass is 10.1. The number of anilines is 1. The normalized spacial score (nSPS) is 19.8. The van der Waals surface area contributed by atoms with Crippen LogP contribution in [0.15, 0.2) is 22.6 Å². The summed E-state index contributed by atoms with van der Waals surface area (Å²) in [6.07, 6.45) is 6.55. The van der Waals surface area contributed by atoms with Crippen molar-refractivity contribution in [3.63, 3.8) is 0 Å². The second-order valence-corrected chi connectivity index (χ2v) is 6.04. The van der Waals surface area contributed by atoms with Crippen molar-refractivity contribution in [1.82, 2.24) is 15.1 Å². The summed E-state index contributed by atoms with van der Waals surface area (Å²) in [4.78, 5) is 12.4. The average Bonchev–Trinajstić information content (AvgIpc) is 2.58. The lowest BCUT2D eigenvalue weighted by Gasteiger charge is -2.24. The van der Waals surface area contributed by atoms with E-state index < -0.39 is 0 Å². The van der Waals surface area contributed by atoms with E-state index in [9.17, 15) is 4.79 Å². The fourth-order valence-corrected chi connectivity index (χ4v) is 3.02. The molecule has 0 amide bonds. The summed E-state index contributed by atoms with van der Waals surface area (Å²) in [6.45, 7) is 3.84. The number of ether oxygens (including phenoxy) is 1. The molecule has 0 unspecified atom stereocenters. The molecule has 120 valence electrons. The van der Waals surface area contributed by atoms with Gasteiger partial charge >= 0.3 is 0 Å². The van der Waals surface area contributed by atoms with Crippen LogP contribution in [-0.2, 0) is 4.74 Å². The summed E-state index contributed by atoms with van der Waals surface area (Å²) < 4.78 is 6.92. The Balaban J connectivity index is 1.71. The number of halogens is 1. The number of hydrogen-bond donors (Lipinski definition) is 2. The van der Waals surface area contributed by atoms with Gasteiger partial charge in [0.05, 0.1) is 31.1 Å². The molecule has 0 bridgehead atoms. The largest absolute Gasteiger partial charge is 0.379 e. The van der Waals surface area contributed by atoms with Gasteiger partial charge < -0.3 is 15.4 Å². The van der Waals surface area contributed by atoms with Gasteiger partial charge in [0.15, 0.2) is 0 Å². The molecule has 22 heavy (non-hydrogen) atoms. The number of nitrogens with zero attached hydrogens (tertiary/aromatic N) is 2. The zero-order valence-corrected chi connectivity index (χ0v) is 13.2. The standard InChI is InChI=1S/C15H21ClN4O2/c16-14-13(18-8-11-2-1-7-22-10-11)9-19-20(15(14)21)12-3-5-17-6-4-12/h2,9,12,17-18H,1,3-8,10H2. The van der Waals surface area contributed by atoms with Crippen molar-refractivity contribution in [2.24, 2.45) is 0 Å². The van der Waals surface area contributed by atoms with Crippen molar-refractivity contribution in [2.75, 3.05) is 38.2 Å². The monoisotopic (exact) mass is 324 g/mol. The summed E-state index contributed by atoms with van der Waals surface area (Å²) in [5.41, 5.74) is 1.54. The third-order valence-electron chi connectivity index (χ3n) is 4.09. The number of nitrogens with one attached hydrogen (secondary N) is 2. The maximum atomic E-state index is 12.4. The molecule has 3 rings (SSSR count). The molecule has 0 aromatic carbocycles. The van der Waals surface area contributed by atoms with Crippen LogP contribution in [0.1, 0.15) is 25.3 Å². The molecule has 2 aliphatic rings. The fraction of sp³-hybridized carbons (Fsp3) is 0.600. The van der Waals surface area contributed by atoms with E-state index in [1.54, 1.807) is 6.20 Å². The van der Waals surface area contributed by atoms with Crippen molar-refractivity contribution in [2.45, 2.75) is 25.3 Å². The minimum absolute atomic E-state index is 0.134. The highest BCUT2D eigenvalue weighted by Crippen LogP contribution is 2.20. The van der Waals surface area contributed by atoms with Crippen LogP contribution >= 0.6 is 11.6 Å². The van der Waals surface area contributed by atoms with Gasteiger partial charge in [-0.3, -0.25) is 4.79 Å². The van der Waals surface area contributed by atoms with E-state index in [2.05, 4.69) is 21.8 Å². The molecular weight excluding hydrogens is 304 g/mol. The first-order valence-corrected chi connectivity index (χ1v) is 8.11. The average molecular weight is 325 g/mol. The highest BCUT2D eigenvalue weighted by atomic mass is 35.5. The maximum Gasteiger partial charge on any atom is 0.287 e. The molecule has 0 spiro atoms. The van der Waals surface area contributed by atoms with Gasteiger partial charge in [-0.15, -0.1) is 0 Å². The number of hydrogen-bond acceptors (Lipinski definition) is 5. The van der Waals surface area contributed by atoms with Gasteiger partial charge in [-0.05, 0) is 37.9 Å². The molecule has 2 aliphatic heterocycles. The first kappa shape index (κ1) is 15.5. The van der Waals surface area contributed by atoms with Crippen LogP contribution in [0.2, 0.25) is 5.02 Å². The summed E-state index contributed by atoms with van der Waals surface area (Å²) in [5.74, 6) is 0. The minimum Gasteiger partial charge on any atom is -0.379 e. The Kier molecular flexibility index (Phi) is 5.12. The summed E-state index contributed by atoms with van der Waals surface area (Å²) >= 11 is 6.23. The second-order valence-electron chi connectivity index (χ2n) is 5.66. The maximum absolute atomic E-state index is 12.4. The molecule has 1 saturated heterocycles. The summed E-state index contributed by atoms with van der Waals surface area (Å²) in [7, 11) is 0. The Morgan fingerprint density at radius 2 is 2.27 bits per heavy atom. The van der Waals surface area contributed by atoms with Crippen LogP contribution in [-0.4, -0.2) is 42.6 Å². The zero-order valence-electron chi connectivity index (χ0n) is 12.5. The fourth-order valence-electron chi connectivity index (χ4n) is 2.82. The highest BCUT2D eigenvalue weighted by Gasteiger charge is 2.19. The van der Waals surface area contributed by atoms with Gasteiger partial charge in [-0.2, -0.15) is 5.10 Å². The smallest absolute Gasteiger partial charge is 0.287 e. The predicted octanol–water partition coefficient (Wildman–Crippen LogP) is 1.58. The van der Waals surface area contributed by atoms with E-state index >= 15 is 0 Å². The van der Waals surface area contributed by atoms with E-state index in [0.29, 0.717) is 18.8 Å². The van der Waals surface area contributed by atoms with E-state index in [4.69, 9.17) is 16.3 Å². The van der Waals surface area contributed by atoms with Crippen LogP contribution in [0, 0.1) is 0 Å². The molecule has 3 heterocycles. The molecule has 1 aromatic rings. The van der Waals surface area contributed by atoms with Gasteiger partial charge in [0.1, 0.15) is 5.02 Å². The summed E-state index contributed by atoms with van der Waals surface area (Å²) in [6, 6.07) is 0.134. The van der Waals surface area contributed by atoms with Gasteiger partial charge in [0.25, 0.3) is 5.56 Å². The van der Waals surface area contributed by atoms with Gasteiger partial charge in [-0.1, -0.05) is 17.7 Å².